The second kappa shape index (κ2) is 11.4. The topological polar surface area (TPSA) is 105 Å². The van der Waals surface area contributed by atoms with Gasteiger partial charge in [0.2, 0.25) is 21.8 Å². The van der Waals surface area contributed by atoms with Gasteiger partial charge < -0.3 is 19.7 Å². The lowest BCUT2D eigenvalue weighted by Crippen LogP contribution is -2.54. The van der Waals surface area contributed by atoms with Gasteiger partial charge in [0.15, 0.2) is 11.5 Å². The number of fused-ring (bicyclic) bond motifs is 1. The van der Waals surface area contributed by atoms with E-state index in [9.17, 15) is 22.4 Å². The second-order valence-corrected chi connectivity index (χ2v) is 12.0. The molecule has 9 nitrogen and oxygen atoms in total. The number of hydrogen-bond acceptors (Lipinski definition) is 6. The van der Waals surface area contributed by atoms with E-state index in [0.717, 1.165) is 4.31 Å². The maximum absolute atomic E-state index is 13.7. The van der Waals surface area contributed by atoms with Gasteiger partial charge in [-0.3, -0.25) is 13.9 Å². The first-order valence-electron chi connectivity index (χ1n) is 12.1. The summed E-state index contributed by atoms with van der Waals surface area (Å²) in [6, 6.07) is 9.31. The van der Waals surface area contributed by atoms with Crippen molar-refractivity contribution in [3.63, 3.8) is 0 Å². The molecule has 2 aromatic rings. The van der Waals surface area contributed by atoms with Crippen molar-refractivity contribution in [2.45, 2.75) is 52.7 Å². The summed E-state index contributed by atoms with van der Waals surface area (Å²) in [4.78, 5) is 28.0. The Balaban J connectivity index is 1.95. The van der Waals surface area contributed by atoms with Crippen LogP contribution in [0.2, 0.25) is 0 Å². The second-order valence-electron chi connectivity index (χ2n) is 9.80. The molecule has 0 aromatic heterocycles. The number of nitrogens with one attached hydrogen (secondary N) is 1. The summed E-state index contributed by atoms with van der Waals surface area (Å²) < 4.78 is 51.7. The van der Waals surface area contributed by atoms with Crippen molar-refractivity contribution in [2.24, 2.45) is 0 Å². The van der Waals surface area contributed by atoms with Crippen molar-refractivity contribution in [1.29, 1.82) is 0 Å². The van der Waals surface area contributed by atoms with Crippen LogP contribution in [-0.4, -0.2) is 62.2 Å². The molecule has 1 aliphatic rings. The van der Waals surface area contributed by atoms with Crippen LogP contribution in [0.15, 0.2) is 42.5 Å². The highest BCUT2D eigenvalue weighted by atomic mass is 32.2. The van der Waals surface area contributed by atoms with E-state index in [4.69, 9.17) is 9.47 Å². The van der Waals surface area contributed by atoms with Crippen LogP contribution in [0, 0.1) is 5.82 Å². The molecular weight excluding hydrogens is 501 g/mol. The Morgan fingerprint density at radius 2 is 1.68 bits per heavy atom. The van der Waals surface area contributed by atoms with Crippen molar-refractivity contribution in [3.8, 4) is 11.5 Å². The molecule has 11 heteroatoms. The van der Waals surface area contributed by atoms with Crippen LogP contribution < -0.4 is 19.1 Å². The Bertz CT molecular complexity index is 1230. The largest absolute Gasteiger partial charge is 0.486 e. The first-order chi connectivity index (χ1) is 17.3. The van der Waals surface area contributed by atoms with Crippen LogP contribution in [0.4, 0.5) is 10.1 Å². The zero-order chi connectivity index (χ0) is 27.4. The summed E-state index contributed by atoms with van der Waals surface area (Å²) in [5.74, 6) is -0.791. The molecule has 0 radical (unpaired) electrons. The summed E-state index contributed by atoms with van der Waals surface area (Å²) in [5, 5.41) is 2.85. The molecule has 37 heavy (non-hydrogen) atoms. The maximum atomic E-state index is 13.7. The van der Waals surface area contributed by atoms with Gasteiger partial charge in [-0.1, -0.05) is 12.1 Å². The third-order valence-electron chi connectivity index (χ3n) is 5.72. The van der Waals surface area contributed by atoms with E-state index in [-0.39, 0.29) is 18.0 Å². The molecule has 2 aromatic carbocycles. The molecule has 0 unspecified atom stereocenters. The normalized spacial score (nSPS) is 14.0. The molecule has 3 rings (SSSR count). The van der Waals surface area contributed by atoms with Gasteiger partial charge in [-0.15, -0.1) is 0 Å². The molecule has 1 aliphatic heterocycles. The van der Waals surface area contributed by atoms with Crippen LogP contribution in [0.5, 0.6) is 11.5 Å². The lowest BCUT2D eigenvalue weighted by molar-refractivity contribution is -0.140. The Labute approximate surface area is 217 Å². The van der Waals surface area contributed by atoms with E-state index >= 15 is 0 Å². The minimum atomic E-state index is -3.88. The Hall–Kier alpha value is -3.34. The van der Waals surface area contributed by atoms with E-state index in [0.29, 0.717) is 30.3 Å². The van der Waals surface area contributed by atoms with E-state index in [1.165, 1.54) is 42.2 Å². The van der Waals surface area contributed by atoms with Gasteiger partial charge in [0.25, 0.3) is 0 Å². The molecule has 0 fully saturated rings. The van der Waals surface area contributed by atoms with E-state index in [2.05, 4.69) is 5.32 Å². The number of hydrogen-bond donors (Lipinski definition) is 1. The smallest absolute Gasteiger partial charge is 0.244 e. The number of sulfonamides is 1. The van der Waals surface area contributed by atoms with Crippen LogP contribution >= 0.6 is 0 Å². The third-order valence-corrected chi connectivity index (χ3v) is 7.47. The van der Waals surface area contributed by atoms with Crippen LogP contribution in [0.3, 0.4) is 0 Å². The number of nitrogens with zero attached hydrogens (tertiary/aromatic N) is 2. The Kier molecular flexibility index (Phi) is 8.68. The first-order valence-corrected chi connectivity index (χ1v) is 13.7. The number of anilines is 1. The number of carbonyl (C=O) groups excluding carboxylic acids is 2. The highest BCUT2D eigenvalue weighted by molar-refractivity contribution is 7.92. The Morgan fingerprint density at radius 3 is 2.27 bits per heavy atom. The fourth-order valence-corrected chi connectivity index (χ4v) is 4.80. The molecule has 0 bridgehead atoms. The van der Waals surface area contributed by atoms with Crippen molar-refractivity contribution in [2.75, 3.05) is 29.8 Å². The van der Waals surface area contributed by atoms with E-state index in [1.54, 1.807) is 19.1 Å². The SMILES string of the molecule is CCS(=O)(=O)N(CC(=O)N(Cc1ccc(F)cc1)[C@H](C)C(=O)NC(C)(C)C)c1ccc2c(c1)OCCO2. The molecule has 0 saturated carbocycles. The predicted octanol–water partition coefficient (Wildman–Crippen LogP) is 3.09. The van der Waals surface area contributed by atoms with Crippen LogP contribution in [0.1, 0.15) is 40.2 Å². The number of ether oxygens (including phenoxy) is 2. The number of benzene rings is 2. The highest BCUT2D eigenvalue weighted by Crippen LogP contribution is 2.35. The minimum absolute atomic E-state index is 0.0149. The average molecular weight is 536 g/mol. The fourth-order valence-electron chi connectivity index (χ4n) is 3.75. The van der Waals surface area contributed by atoms with Gasteiger partial charge in [-0.05, 0) is 64.4 Å². The zero-order valence-corrected chi connectivity index (χ0v) is 22.6. The Morgan fingerprint density at radius 1 is 1.05 bits per heavy atom. The van der Waals surface area contributed by atoms with Crippen LogP contribution in [0.25, 0.3) is 0 Å². The van der Waals surface area contributed by atoms with Gasteiger partial charge in [-0.25, -0.2) is 12.8 Å². The van der Waals surface area contributed by atoms with Crippen molar-refractivity contribution < 1.29 is 31.9 Å². The lowest BCUT2D eigenvalue weighted by Gasteiger charge is -2.33. The molecule has 1 atom stereocenters. The first kappa shape index (κ1) is 28.2. The number of amides is 2. The summed E-state index contributed by atoms with van der Waals surface area (Å²) in [7, 11) is -3.88. The fraction of sp³-hybridized carbons (Fsp3) is 0.462. The van der Waals surface area contributed by atoms with Crippen molar-refractivity contribution >= 4 is 27.5 Å². The lowest BCUT2D eigenvalue weighted by atomic mass is 10.1. The molecular formula is C26H34FN3O6S. The maximum Gasteiger partial charge on any atom is 0.244 e. The summed E-state index contributed by atoms with van der Waals surface area (Å²) in [6.07, 6.45) is 0. The number of rotatable bonds is 9. The molecule has 202 valence electrons. The molecule has 0 aliphatic carbocycles. The van der Waals surface area contributed by atoms with Gasteiger partial charge >= 0.3 is 0 Å². The molecule has 1 heterocycles. The summed E-state index contributed by atoms with van der Waals surface area (Å²) in [5.41, 5.74) is 0.293. The van der Waals surface area contributed by atoms with Crippen LogP contribution in [-0.2, 0) is 26.2 Å². The van der Waals surface area contributed by atoms with Crippen molar-refractivity contribution in [3.05, 3.63) is 53.8 Å². The number of halogens is 1. The monoisotopic (exact) mass is 535 g/mol. The molecule has 1 N–H and O–H groups in total. The summed E-state index contributed by atoms with van der Waals surface area (Å²) in [6.45, 7) is 8.68. The van der Waals surface area contributed by atoms with Gasteiger partial charge in [0.05, 0.1) is 11.4 Å². The highest BCUT2D eigenvalue weighted by Gasteiger charge is 2.32. The average Bonchev–Trinajstić information content (AvgIpc) is 2.85. The molecule has 2 amide bonds. The molecule has 0 spiro atoms. The summed E-state index contributed by atoms with van der Waals surface area (Å²) >= 11 is 0. The van der Waals surface area contributed by atoms with Gasteiger partial charge in [0.1, 0.15) is 31.6 Å². The minimum Gasteiger partial charge on any atom is -0.486 e. The molecule has 0 saturated heterocycles. The van der Waals surface area contributed by atoms with Gasteiger partial charge in [-0.2, -0.15) is 0 Å². The quantitative estimate of drug-likeness (QED) is 0.529. The van der Waals surface area contributed by atoms with Gasteiger partial charge in [0, 0.05) is 18.2 Å². The van der Waals surface area contributed by atoms with E-state index < -0.39 is 45.8 Å². The van der Waals surface area contributed by atoms with E-state index in [1.807, 2.05) is 20.8 Å². The van der Waals surface area contributed by atoms with Crippen molar-refractivity contribution in [1.82, 2.24) is 10.2 Å². The standard InChI is InChI=1S/C26H34FN3O6S/c1-6-37(33,34)30(21-11-12-22-23(15-21)36-14-13-35-22)17-24(31)29(16-19-7-9-20(27)10-8-19)18(2)25(32)28-26(3,4)5/h7-12,15,18H,6,13-14,16-17H2,1-5H3,(H,28,32)/t18-/m1/s1. The third kappa shape index (κ3) is 7.34. The predicted molar refractivity (Wildman–Crippen MR) is 139 cm³/mol. The number of carbonyl (C=O) groups is 2. The zero-order valence-electron chi connectivity index (χ0n) is 21.8.